The fraction of sp³-hybridized carbons (Fsp3) is 0.575. The highest BCUT2D eigenvalue weighted by atomic mass is 35.5. The Morgan fingerprint density at radius 1 is 1.09 bits per heavy atom. The lowest BCUT2D eigenvalue weighted by atomic mass is 9.96. The van der Waals surface area contributed by atoms with Crippen molar-refractivity contribution >= 4 is 34.1 Å². The predicted molar refractivity (Wildman–Crippen MR) is 206 cm³/mol. The van der Waals surface area contributed by atoms with Crippen LogP contribution in [0.2, 0.25) is 5.02 Å². The summed E-state index contributed by atoms with van der Waals surface area (Å²) in [6.45, 7) is 9.02. The second-order valence-corrected chi connectivity index (χ2v) is 14.7. The maximum atomic E-state index is 12.9. The molecule has 0 N–H and O–H groups in total. The minimum Gasteiger partial charge on any atom is -0.467 e. The molecule has 3 atom stereocenters. The highest BCUT2D eigenvalue weighted by Gasteiger charge is 2.35. The smallest absolute Gasteiger partial charge is 0.318 e. The first kappa shape index (κ1) is 39.8. The zero-order valence-corrected chi connectivity index (χ0v) is 32.4. The molecule has 3 aromatic rings. The first-order chi connectivity index (χ1) is 26.3. The summed E-state index contributed by atoms with van der Waals surface area (Å²) in [7, 11) is 3.36. The monoisotopic (exact) mass is 762 g/mol. The van der Waals surface area contributed by atoms with Gasteiger partial charge in [0.2, 0.25) is 5.91 Å². The number of hydrogen-bond acceptors (Lipinski definition) is 11. The minimum absolute atomic E-state index is 0.0530. The lowest BCUT2D eigenvalue weighted by Gasteiger charge is -2.37. The number of carbonyl (C=O) groups excluding carboxylic acids is 1. The Bertz CT molecular complexity index is 1780. The van der Waals surface area contributed by atoms with Crippen molar-refractivity contribution in [2.75, 3.05) is 78.0 Å². The molecule has 3 unspecified atom stereocenters. The largest absolute Gasteiger partial charge is 0.467 e. The maximum Gasteiger partial charge on any atom is 0.318 e. The van der Waals surface area contributed by atoms with Gasteiger partial charge in [0.05, 0.1) is 37.7 Å². The van der Waals surface area contributed by atoms with Crippen LogP contribution in [0.1, 0.15) is 62.0 Å². The van der Waals surface area contributed by atoms with Crippen molar-refractivity contribution < 1.29 is 23.4 Å². The fourth-order valence-electron chi connectivity index (χ4n) is 8.14. The van der Waals surface area contributed by atoms with Crippen molar-refractivity contribution in [2.45, 2.75) is 76.5 Å². The molecule has 4 fully saturated rings. The van der Waals surface area contributed by atoms with E-state index in [9.17, 15) is 9.18 Å². The van der Waals surface area contributed by atoms with Gasteiger partial charge in [0, 0.05) is 124 Å². The van der Waals surface area contributed by atoms with Gasteiger partial charge in [0.1, 0.15) is 12.0 Å². The summed E-state index contributed by atoms with van der Waals surface area (Å²) in [5.74, 6) is 0.865. The van der Waals surface area contributed by atoms with Gasteiger partial charge in [-0.05, 0) is 44.7 Å². The number of piperazine rings is 1. The quantitative estimate of drug-likeness (QED) is 0.283. The Morgan fingerprint density at radius 2 is 1.87 bits per heavy atom. The van der Waals surface area contributed by atoms with Gasteiger partial charge in [0.15, 0.2) is 0 Å². The SMILES string of the molecule is CC#N.COc1nc2c(c(N3CCN(C(=O)/C=C/CN4CCC(OC)CC4)CC3)n1)COC(c1cncc3cccc(Cl)c13)C2.FC1CC2CCCN2C1. The molecule has 5 aliphatic heterocycles. The van der Waals surface area contributed by atoms with Gasteiger partial charge in [-0.2, -0.15) is 15.2 Å². The van der Waals surface area contributed by atoms with E-state index in [2.05, 4.69) is 19.7 Å². The molecule has 2 aromatic heterocycles. The number of rotatable bonds is 7. The number of methoxy groups -OCH3 is 2. The van der Waals surface area contributed by atoms with Gasteiger partial charge in [0.25, 0.3) is 0 Å². The standard InChI is InChI=1S/C31H37ClN6O4.C7H12FN.C2H3N/c1-40-22-8-11-36(12-9-22)10-4-7-28(39)37-13-15-38(16-14-37)30-24-20-42-27(17-26(24)34-31(35-30)41-2)23-19-33-18-21-5-3-6-25(32)29(21)23;8-6-4-7-2-1-3-9(7)5-6;1-2-3/h3-7,18-19,22,27H,8-17,20H2,1-2H3;6-7H,1-5H2;1H3/b7-4+;;. The molecule has 14 heteroatoms. The number of anilines is 1. The summed E-state index contributed by atoms with van der Waals surface area (Å²) in [5.41, 5.74) is 2.80. The van der Waals surface area contributed by atoms with Gasteiger partial charge in [-0.25, -0.2) is 4.39 Å². The Hall–Kier alpha value is -3.93. The van der Waals surface area contributed by atoms with Crippen LogP contribution in [0, 0.1) is 11.3 Å². The van der Waals surface area contributed by atoms with Gasteiger partial charge in [-0.1, -0.05) is 29.8 Å². The zero-order valence-electron chi connectivity index (χ0n) is 31.6. The maximum absolute atomic E-state index is 12.9. The molecule has 12 nitrogen and oxygen atoms in total. The molecule has 290 valence electrons. The molecule has 0 spiro atoms. The molecule has 1 aromatic carbocycles. The van der Waals surface area contributed by atoms with E-state index in [0.29, 0.717) is 68.9 Å². The number of hydrogen-bond donors (Lipinski definition) is 0. The number of ether oxygens (including phenoxy) is 3. The summed E-state index contributed by atoms with van der Waals surface area (Å²) < 4.78 is 29.9. The van der Waals surface area contributed by atoms with E-state index in [-0.39, 0.29) is 12.0 Å². The zero-order chi connectivity index (χ0) is 38.0. The van der Waals surface area contributed by atoms with E-state index in [1.165, 1.54) is 19.8 Å². The van der Waals surface area contributed by atoms with Crippen LogP contribution in [0.25, 0.3) is 10.8 Å². The van der Waals surface area contributed by atoms with Gasteiger partial charge < -0.3 is 24.0 Å². The predicted octanol–water partition coefficient (Wildman–Crippen LogP) is 5.54. The molecule has 4 saturated heterocycles. The van der Waals surface area contributed by atoms with Crippen molar-refractivity contribution in [2.24, 2.45) is 0 Å². The number of aromatic nitrogens is 3. The second-order valence-electron chi connectivity index (χ2n) is 14.3. The van der Waals surface area contributed by atoms with Crippen LogP contribution in [0.15, 0.2) is 42.7 Å². The number of piperidine rings is 1. The van der Waals surface area contributed by atoms with Crippen LogP contribution < -0.4 is 9.64 Å². The number of halogens is 2. The fourth-order valence-corrected chi connectivity index (χ4v) is 8.43. The summed E-state index contributed by atoms with van der Waals surface area (Å²) >= 11 is 6.59. The van der Waals surface area contributed by atoms with Crippen LogP contribution >= 0.6 is 11.6 Å². The third-order valence-corrected chi connectivity index (χ3v) is 11.3. The molecular formula is C40H52ClFN8O4. The lowest BCUT2D eigenvalue weighted by molar-refractivity contribution is -0.126. The first-order valence-corrected chi connectivity index (χ1v) is 19.4. The van der Waals surface area contributed by atoms with Crippen molar-refractivity contribution in [3.05, 3.63) is 64.6 Å². The van der Waals surface area contributed by atoms with Crippen LogP contribution in [-0.2, 0) is 27.3 Å². The number of likely N-dealkylation sites (tertiary alicyclic amines) is 1. The molecule has 0 aliphatic carbocycles. The molecule has 0 bridgehead atoms. The highest BCUT2D eigenvalue weighted by Crippen LogP contribution is 2.39. The van der Waals surface area contributed by atoms with Crippen LogP contribution in [0.4, 0.5) is 10.2 Å². The van der Waals surface area contributed by atoms with Crippen molar-refractivity contribution in [1.29, 1.82) is 5.26 Å². The Balaban J connectivity index is 0.000000352. The van der Waals surface area contributed by atoms with Gasteiger partial charge in [-0.3, -0.25) is 19.6 Å². The number of benzene rings is 1. The second kappa shape index (κ2) is 19.1. The Morgan fingerprint density at radius 3 is 2.59 bits per heavy atom. The number of carbonyl (C=O) groups is 1. The van der Waals surface area contributed by atoms with E-state index in [1.54, 1.807) is 26.4 Å². The van der Waals surface area contributed by atoms with E-state index < -0.39 is 6.17 Å². The molecule has 0 saturated carbocycles. The molecule has 54 heavy (non-hydrogen) atoms. The van der Waals surface area contributed by atoms with E-state index in [4.69, 9.17) is 41.0 Å². The van der Waals surface area contributed by atoms with Crippen molar-refractivity contribution in [1.82, 2.24) is 29.7 Å². The lowest BCUT2D eigenvalue weighted by Crippen LogP contribution is -2.49. The molecule has 5 aliphatic rings. The first-order valence-electron chi connectivity index (χ1n) is 19.0. The van der Waals surface area contributed by atoms with Gasteiger partial charge >= 0.3 is 6.01 Å². The minimum atomic E-state index is -0.518. The Kier molecular flexibility index (Phi) is 14.1. The van der Waals surface area contributed by atoms with E-state index in [0.717, 1.165) is 78.9 Å². The molecule has 1 amide bonds. The number of nitriles is 1. The summed E-state index contributed by atoms with van der Waals surface area (Å²) in [4.78, 5) is 35.5. The van der Waals surface area contributed by atoms with E-state index >= 15 is 0 Å². The topological polar surface area (TPSA) is 120 Å². The third-order valence-electron chi connectivity index (χ3n) is 11.0. The van der Waals surface area contributed by atoms with Gasteiger partial charge in [-0.15, -0.1) is 0 Å². The van der Waals surface area contributed by atoms with Crippen molar-refractivity contribution in [3.63, 3.8) is 0 Å². The average molecular weight is 763 g/mol. The molecule has 0 radical (unpaired) electrons. The molecular weight excluding hydrogens is 711 g/mol. The highest BCUT2D eigenvalue weighted by molar-refractivity contribution is 6.35. The van der Waals surface area contributed by atoms with Crippen LogP contribution in [0.5, 0.6) is 6.01 Å². The number of pyridine rings is 1. The summed E-state index contributed by atoms with van der Waals surface area (Å²) in [6, 6.07) is 8.51. The normalized spacial score (nSPS) is 23.2. The molecule has 8 rings (SSSR count). The number of alkyl halides is 1. The number of nitrogens with zero attached hydrogens (tertiary/aromatic N) is 8. The number of amides is 1. The van der Waals surface area contributed by atoms with Crippen LogP contribution in [-0.4, -0.2) is 127 Å². The van der Waals surface area contributed by atoms with Crippen LogP contribution in [0.3, 0.4) is 0 Å². The summed E-state index contributed by atoms with van der Waals surface area (Å²) in [6.07, 6.45) is 12.9. The van der Waals surface area contributed by atoms with E-state index in [1.807, 2.05) is 41.6 Å². The third kappa shape index (κ3) is 9.65. The Labute approximate surface area is 322 Å². The summed E-state index contributed by atoms with van der Waals surface area (Å²) in [5, 5.41) is 9.92. The average Bonchev–Trinajstić information content (AvgIpc) is 3.79. The van der Waals surface area contributed by atoms with Crippen molar-refractivity contribution in [3.8, 4) is 12.1 Å². The number of fused-ring (bicyclic) bond motifs is 3. The molecule has 7 heterocycles.